The van der Waals surface area contributed by atoms with E-state index in [2.05, 4.69) is 20.4 Å². The van der Waals surface area contributed by atoms with Crippen molar-refractivity contribution < 1.29 is 4.74 Å². The molecule has 0 unspecified atom stereocenters. The van der Waals surface area contributed by atoms with E-state index in [0.29, 0.717) is 18.2 Å². The Bertz CT molecular complexity index is 815. The SMILES string of the molecule is Clc1ccc([C@@H](c2nnnn2-c2ccccc2)N2CCOCC2)cc1. The molecule has 1 aromatic heterocycles. The molecular weight excluding hydrogens is 338 g/mol. The number of morpholine rings is 1. The number of aromatic nitrogens is 4. The molecule has 0 N–H and O–H groups in total. The highest BCUT2D eigenvalue weighted by Crippen LogP contribution is 2.29. The summed E-state index contributed by atoms with van der Waals surface area (Å²) < 4.78 is 7.32. The molecule has 0 bridgehead atoms. The highest BCUT2D eigenvalue weighted by molar-refractivity contribution is 6.30. The topological polar surface area (TPSA) is 56.1 Å². The molecule has 1 saturated heterocycles. The van der Waals surface area contributed by atoms with Gasteiger partial charge in [-0.2, -0.15) is 4.68 Å². The maximum atomic E-state index is 6.08. The van der Waals surface area contributed by atoms with Crippen molar-refractivity contribution in [3.05, 3.63) is 71.0 Å². The van der Waals surface area contributed by atoms with E-state index in [1.165, 1.54) is 0 Å². The predicted molar refractivity (Wildman–Crippen MR) is 94.8 cm³/mol. The number of para-hydroxylation sites is 1. The molecule has 25 heavy (non-hydrogen) atoms. The number of benzene rings is 2. The van der Waals surface area contributed by atoms with Crippen molar-refractivity contribution in [3.63, 3.8) is 0 Å². The van der Waals surface area contributed by atoms with Gasteiger partial charge in [0.25, 0.3) is 0 Å². The lowest BCUT2D eigenvalue weighted by Crippen LogP contribution is -2.40. The molecule has 1 aliphatic rings. The minimum atomic E-state index is -0.0589. The molecule has 4 rings (SSSR count). The van der Waals surface area contributed by atoms with Crippen molar-refractivity contribution >= 4 is 11.6 Å². The van der Waals surface area contributed by atoms with Crippen LogP contribution >= 0.6 is 11.6 Å². The van der Waals surface area contributed by atoms with Crippen LogP contribution in [-0.4, -0.2) is 51.4 Å². The first-order valence-electron chi connectivity index (χ1n) is 8.24. The fourth-order valence-electron chi connectivity index (χ4n) is 3.12. The fourth-order valence-corrected chi connectivity index (χ4v) is 3.25. The lowest BCUT2D eigenvalue weighted by atomic mass is 10.0. The normalized spacial score (nSPS) is 16.7. The van der Waals surface area contributed by atoms with Crippen molar-refractivity contribution in [1.82, 2.24) is 25.1 Å². The second-order valence-corrected chi connectivity index (χ2v) is 6.32. The van der Waals surface area contributed by atoms with Gasteiger partial charge >= 0.3 is 0 Å². The molecule has 1 atom stereocenters. The highest BCUT2D eigenvalue weighted by atomic mass is 35.5. The molecule has 1 aliphatic heterocycles. The van der Waals surface area contributed by atoms with Crippen LogP contribution < -0.4 is 0 Å². The zero-order valence-electron chi connectivity index (χ0n) is 13.6. The standard InChI is InChI=1S/C18H18ClN5O/c19-15-8-6-14(7-9-15)17(23-10-12-25-13-11-23)18-20-21-22-24(18)16-4-2-1-3-5-16/h1-9,17H,10-13H2/t17-/m0/s1. The average Bonchev–Trinajstić information content (AvgIpc) is 3.14. The molecule has 2 aromatic carbocycles. The monoisotopic (exact) mass is 355 g/mol. The van der Waals surface area contributed by atoms with Crippen molar-refractivity contribution in [2.75, 3.05) is 26.3 Å². The third-order valence-electron chi connectivity index (χ3n) is 4.34. The van der Waals surface area contributed by atoms with E-state index in [9.17, 15) is 0 Å². The van der Waals surface area contributed by atoms with Gasteiger partial charge in [0.2, 0.25) is 0 Å². The number of hydrogen-bond donors (Lipinski definition) is 0. The quantitative estimate of drug-likeness (QED) is 0.720. The van der Waals surface area contributed by atoms with Gasteiger partial charge in [-0.1, -0.05) is 41.9 Å². The summed E-state index contributed by atoms with van der Waals surface area (Å²) in [4.78, 5) is 2.35. The van der Waals surface area contributed by atoms with Gasteiger partial charge in [0.05, 0.1) is 24.9 Å². The van der Waals surface area contributed by atoms with Crippen LogP contribution in [0.2, 0.25) is 5.02 Å². The van der Waals surface area contributed by atoms with E-state index >= 15 is 0 Å². The third-order valence-corrected chi connectivity index (χ3v) is 4.59. The Balaban J connectivity index is 1.79. The molecule has 2 heterocycles. The zero-order valence-corrected chi connectivity index (χ0v) is 14.4. The maximum absolute atomic E-state index is 6.08. The van der Waals surface area contributed by atoms with Crippen LogP contribution in [0.4, 0.5) is 0 Å². The van der Waals surface area contributed by atoms with Gasteiger partial charge in [-0.3, -0.25) is 4.90 Å². The van der Waals surface area contributed by atoms with Gasteiger partial charge in [0, 0.05) is 18.1 Å². The first-order valence-corrected chi connectivity index (χ1v) is 8.62. The molecule has 3 aromatic rings. The Morgan fingerprint density at radius 3 is 2.40 bits per heavy atom. The van der Waals surface area contributed by atoms with Gasteiger partial charge in [-0.15, -0.1) is 5.10 Å². The number of ether oxygens (including phenoxy) is 1. The minimum absolute atomic E-state index is 0.0589. The summed E-state index contributed by atoms with van der Waals surface area (Å²) in [5, 5.41) is 13.2. The lowest BCUT2D eigenvalue weighted by Gasteiger charge is -2.33. The second kappa shape index (κ2) is 7.31. The number of hydrogen-bond acceptors (Lipinski definition) is 5. The molecule has 0 saturated carbocycles. The summed E-state index contributed by atoms with van der Waals surface area (Å²) in [5.74, 6) is 0.787. The maximum Gasteiger partial charge on any atom is 0.178 e. The van der Waals surface area contributed by atoms with Crippen molar-refractivity contribution in [2.24, 2.45) is 0 Å². The summed E-state index contributed by atoms with van der Waals surface area (Å²) >= 11 is 6.08. The van der Waals surface area contributed by atoms with Crippen LogP contribution in [0.3, 0.4) is 0 Å². The Kier molecular flexibility index (Phi) is 4.74. The van der Waals surface area contributed by atoms with Gasteiger partial charge in [-0.05, 0) is 40.3 Å². The molecular formula is C18H18ClN5O. The Morgan fingerprint density at radius 2 is 1.68 bits per heavy atom. The van der Waals surface area contributed by atoms with Crippen LogP contribution in [0, 0.1) is 0 Å². The highest BCUT2D eigenvalue weighted by Gasteiger charge is 2.29. The third kappa shape index (κ3) is 3.42. The molecule has 0 spiro atoms. The Hall–Kier alpha value is -2.28. The number of halogens is 1. The van der Waals surface area contributed by atoms with E-state index in [1.54, 1.807) is 4.68 Å². The summed E-state index contributed by atoms with van der Waals surface area (Å²) in [5.41, 5.74) is 2.05. The van der Waals surface area contributed by atoms with Crippen LogP contribution in [0.15, 0.2) is 54.6 Å². The molecule has 0 aliphatic carbocycles. The largest absolute Gasteiger partial charge is 0.379 e. The van der Waals surface area contributed by atoms with E-state index in [0.717, 1.165) is 30.2 Å². The van der Waals surface area contributed by atoms with Crippen LogP contribution in [0.5, 0.6) is 0 Å². The first kappa shape index (κ1) is 16.2. The molecule has 1 fully saturated rings. The van der Waals surface area contributed by atoms with Crippen molar-refractivity contribution in [2.45, 2.75) is 6.04 Å². The summed E-state index contributed by atoms with van der Waals surface area (Å²) in [7, 11) is 0. The van der Waals surface area contributed by atoms with E-state index in [-0.39, 0.29) is 6.04 Å². The molecule has 0 amide bonds. The van der Waals surface area contributed by atoms with Gasteiger partial charge < -0.3 is 4.74 Å². The van der Waals surface area contributed by atoms with Gasteiger partial charge in [-0.25, -0.2) is 0 Å². The van der Waals surface area contributed by atoms with Crippen LogP contribution in [0.1, 0.15) is 17.4 Å². The van der Waals surface area contributed by atoms with Crippen molar-refractivity contribution in [3.8, 4) is 5.69 Å². The summed E-state index contributed by atoms with van der Waals surface area (Å²) in [6.07, 6.45) is 0. The van der Waals surface area contributed by atoms with Crippen LogP contribution in [0.25, 0.3) is 5.69 Å². The smallest absolute Gasteiger partial charge is 0.178 e. The number of tetrazole rings is 1. The zero-order chi connectivity index (χ0) is 17.1. The Morgan fingerprint density at radius 1 is 0.960 bits per heavy atom. The second-order valence-electron chi connectivity index (χ2n) is 5.89. The molecule has 0 radical (unpaired) electrons. The van der Waals surface area contributed by atoms with E-state index in [1.807, 2.05) is 54.6 Å². The predicted octanol–water partition coefficient (Wildman–Crippen LogP) is 2.74. The van der Waals surface area contributed by atoms with E-state index < -0.39 is 0 Å². The lowest BCUT2D eigenvalue weighted by molar-refractivity contribution is 0.0220. The minimum Gasteiger partial charge on any atom is -0.379 e. The summed E-state index contributed by atoms with van der Waals surface area (Å²) in [6, 6.07) is 17.7. The van der Waals surface area contributed by atoms with Crippen LogP contribution in [-0.2, 0) is 4.74 Å². The molecule has 6 nitrogen and oxygen atoms in total. The Labute approximate surface area is 151 Å². The summed E-state index contributed by atoms with van der Waals surface area (Å²) in [6.45, 7) is 3.07. The number of nitrogens with zero attached hydrogens (tertiary/aromatic N) is 5. The van der Waals surface area contributed by atoms with Gasteiger partial charge in [0.1, 0.15) is 0 Å². The first-order chi connectivity index (χ1) is 12.3. The molecule has 128 valence electrons. The van der Waals surface area contributed by atoms with Gasteiger partial charge in [0.15, 0.2) is 5.82 Å². The van der Waals surface area contributed by atoms with Crippen molar-refractivity contribution in [1.29, 1.82) is 0 Å². The number of rotatable bonds is 4. The fraction of sp³-hybridized carbons (Fsp3) is 0.278. The average molecular weight is 356 g/mol. The molecule has 7 heteroatoms. The van der Waals surface area contributed by atoms with E-state index in [4.69, 9.17) is 16.3 Å².